The van der Waals surface area contributed by atoms with Crippen molar-refractivity contribution >= 4 is 11.9 Å². The Kier molecular flexibility index (Phi) is 3.84. The molecule has 80 valence electrons. The number of rotatable bonds is 0. The third kappa shape index (κ3) is 2.97. The van der Waals surface area contributed by atoms with Crippen molar-refractivity contribution in [1.82, 2.24) is 5.32 Å². The molecule has 6 nitrogen and oxygen atoms in total. The van der Waals surface area contributed by atoms with Crippen LogP contribution < -0.4 is 5.32 Å². The van der Waals surface area contributed by atoms with Crippen molar-refractivity contribution in [1.29, 1.82) is 0 Å². The topological polar surface area (TPSA) is 95.9 Å². The van der Waals surface area contributed by atoms with Gasteiger partial charge in [0, 0.05) is 12.6 Å². The highest BCUT2D eigenvalue weighted by atomic mass is 16.5. The van der Waals surface area contributed by atoms with E-state index in [0.29, 0.717) is 12.1 Å². The molecule has 2 atom stereocenters. The van der Waals surface area contributed by atoms with Crippen LogP contribution in [0.2, 0.25) is 0 Å². The van der Waals surface area contributed by atoms with Gasteiger partial charge in [-0.2, -0.15) is 0 Å². The number of aliphatic carboxylic acids is 2. The lowest BCUT2D eigenvalue weighted by Gasteiger charge is -2.04. The van der Waals surface area contributed by atoms with E-state index in [-0.39, 0.29) is 0 Å². The summed E-state index contributed by atoms with van der Waals surface area (Å²) in [6.45, 7) is 2.14. The molecular formula is C8H13NO5. The van der Waals surface area contributed by atoms with Crippen LogP contribution in [0.15, 0.2) is 0 Å². The van der Waals surface area contributed by atoms with Crippen molar-refractivity contribution < 1.29 is 24.5 Å². The van der Waals surface area contributed by atoms with E-state index >= 15 is 0 Å². The summed E-state index contributed by atoms with van der Waals surface area (Å²) in [5.74, 6) is -3.65. The van der Waals surface area contributed by atoms with Gasteiger partial charge in [0.15, 0.2) is 0 Å². The lowest BCUT2D eigenvalue weighted by Crippen LogP contribution is -2.24. The van der Waals surface area contributed by atoms with Crippen LogP contribution in [0, 0.1) is 0 Å². The monoisotopic (exact) mass is 203 g/mol. The first kappa shape index (κ1) is 10.9. The quantitative estimate of drug-likeness (QED) is 0.450. The van der Waals surface area contributed by atoms with Crippen molar-refractivity contribution in [2.24, 2.45) is 0 Å². The van der Waals surface area contributed by atoms with E-state index in [4.69, 9.17) is 24.5 Å². The first-order chi connectivity index (χ1) is 6.61. The van der Waals surface area contributed by atoms with Gasteiger partial charge < -0.3 is 20.3 Å². The Morgan fingerprint density at radius 1 is 1.21 bits per heavy atom. The fraction of sp³-hybridized carbons (Fsp3) is 0.750. The maximum atomic E-state index is 9.10. The minimum Gasteiger partial charge on any atom is -0.473 e. The SMILES string of the molecule is C1C[C@H]2OCC[C@H]2N1.O=C(O)C(=O)O. The smallest absolute Gasteiger partial charge is 0.414 e. The number of nitrogens with one attached hydrogen (secondary N) is 1. The predicted octanol–water partition coefficient (Wildman–Crippen LogP) is -0.707. The summed E-state index contributed by atoms with van der Waals surface area (Å²) in [5.41, 5.74) is 0. The lowest BCUT2D eigenvalue weighted by molar-refractivity contribution is -0.159. The average molecular weight is 203 g/mol. The number of carboxylic acids is 2. The molecule has 2 aliphatic rings. The van der Waals surface area contributed by atoms with Crippen LogP contribution in [0.5, 0.6) is 0 Å². The van der Waals surface area contributed by atoms with Crippen molar-refractivity contribution in [3.63, 3.8) is 0 Å². The zero-order valence-corrected chi connectivity index (χ0v) is 7.60. The summed E-state index contributed by atoms with van der Waals surface area (Å²) in [7, 11) is 0. The second-order valence-electron chi connectivity index (χ2n) is 3.16. The molecule has 0 saturated carbocycles. The highest BCUT2D eigenvalue weighted by Gasteiger charge is 2.31. The highest BCUT2D eigenvalue weighted by Crippen LogP contribution is 2.20. The van der Waals surface area contributed by atoms with E-state index in [1.807, 2.05) is 0 Å². The van der Waals surface area contributed by atoms with Crippen LogP contribution in [0.3, 0.4) is 0 Å². The van der Waals surface area contributed by atoms with Gasteiger partial charge in [-0.05, 0) is 19.4 Å². The highest BCUT2D eigenvalue weighted by molar-refractivity contribution is 6.27. The van der Waals surface area contributed by atoms with Gasteiger partial charge >= 0.3 is 11.9 Å². The molecule has 2 heterocycles. The lowest BCUT2D eigenvalue weighted by atomic mass is 10.2. The molecule has 0 spiro atoms. The van der Waals surface area contributed by atoms with Crippen molar-refractivity contribution in [2.75, 3.05) is 13.2 Å². The molecule has 6 heteroatoms. The van der Waals surface area contributed by atoms with Crippen LogP contribution in [-0.4, -0.2) is 47.4 Å². The molecule has 2 aliphatic heterocycles. The molecule has 0 amide bonds. The number of carbonyl (C=O) groups is 2. The minimum absolute atomic E-state index is 0.565. The summed E-state index contributed by atoms with van der Waals surface area (Å²) in [6, 6.07) is 0.704. The second kappa shape index (κ2) is 4.92. The molecule has 2 fully saturated rings. The van der Waals surface area contributed by atoms with Crippen LogP contribution in [0.1, 0.15) is 12.8 Å². The van der Waals surface area contributed by atoms with Gasteiger partial charge in [0.1, 0.15) is 0 Å². The molecule has 0 unspecified atom stereocenters. The Bertz CT molecular complexity index is 198. The minimum atomic E-state index is -1.82. The zero-order chi connectivity index (χ0) is 10.6. The van der Waals surface area contributed by atoms with Gasteiger partial charge in [-0.1, -0.05) is 0 Å². The first-order valence-corrected chi connectivity index (χ1v) is 4.42. The van der Waals surface area contributed by atoms with E-state index in [2.05, 4.69) is 5.32 Å². The fourth-order valence-corrected chi connectivity index (χ4v) is 1.58. The number of ether oxygens (including phenoxy) is 1. The van der Waals surface area contributed by atoms with Crippen LogP contribution >= 0.6 is 0 Å². The maximum absolute atomic E-state index is 9.10. The Hall–Kier alpha value is -1.14. The molecule has 2 saturated heterocycles. The first-order valence-electron chi connectivity index (χ1n) is 4.42. The van der Waals surface area contributed by atoms with Gasteiger partial charge in [0.05, 0.1) is 6.10 Å². The van der Waals surface area contributed by atoms with Crippen molar-refractivity contribution in [3.05, 3.63) is 0 Å². The molecule has 0 bridgehead atoms. The normalized spacial score (nSPS) is 28.9. The van der Waals surface area contributed by atoms with E-state index < -0.39 is 11.9 Å². The largest absolute Gasteiger partial charge is 0.473 e. The summed E-state index contributed by atoms with van der Waals surface area (Å²) in [5, 5.41) is 18.2. The third-order valence-corrected chi connectivity index (χ3v) is 2.23. The van der Waals surface area contributed by atoms with E-state index in [1.165, 1.54) is 12.8 Å². The molecule has 14 heavy (non-hydrogen) atoms. The second-order valence-corrected chi connectivity index (χ2v) is 3.16. The molecular weight excluding hydrogens is 190 g/mol. The third-order valence-electron chi connectivity index (χ3n) is 2.23. The number of hydrogen-bond acceptors (Lipinski definition) is 4. The molecule has 0 aromatic rings. The fourth-order valence-electron chi connectivity index (χ4n) is 1.58. The van der Waals surface area contributed by atoms with Gasteiger partial charge in [-0.3, -0.25) is 0 Å². The van der Waals surface area contributed by atoms with E-state index in [9.17, 15) is 0 Å². The Balaban J connectivity index is 0.000000149. The summed E-state index contributed by atoms with van der Waals surface area (Å²) < 4.78 is 5.41. The predicted molar refractivity (Wildman–Crippen MR) is 46.0 cm³/mol. The maximum Gasteiger partial charge on any atom is 0.414 e. The zero-order valence-electron chi connectivity index (χ0n) is 7.60. The number of carboxylic acid groups (broad SMARTS) is 2. The standard InChI is InChI=1S/C6H11NO.C2H2O4/c1-3-7-5-2-4-8-6(1)5;3-1(4)2(5)6/h5-7H,1-4H2;(H,3,4)(H,5,6)/t5-,6-;/m1./s1. The van der Waals surface area contributed by atoms with E-state index in [0.717, 1.165) is 13.2 Å². The molecule has 3 N–H and O–H groups in total. The van der Waals surface area contributed by atoms with Crippen molar-refractivity contribution in [3.8, 4) is 0 Å². The molecule has 0 aromatic carbocycles. The Labute approximate surface area is 80.9 Å². The summed E-state index contributed by atoms with van der Waals surface area (Å²) in [4.78, 5) is 18.2. The molecule has 2 rings (SSSR count). The van der Waals surface area contributed by atoms with Gasteiger partial charge in [-0.15, -0.1) is 0 Å². The van der Waals surface area contributed by atoms with Gasteiger partial charge in [0.25, 0.3) is 0 Å². The molecule has 0 aromatic heterocycles. The summed E-state index contributed by atoms with van der Waals surface area (Å²) >= 11 is 0. The van der Waals surface area contributed by atoms with Crippen molar-refractivity contribution in [2.45, 2.75) is 25.0 Å². The molecule has 0 aliphatic carbocycles. The van der Waals surface area contributed by atoms with Crippen LogP contribution in [0.4, 0.5) is 0 Å². The van der Waals surface area contributed by atoms with Crippen LogP contribution in [-0.2, 0) is 14.3 Å². The number of fused-ring (bicyclic) bond motifs is 1. The summed E-state index contributed by atoms with van der Waals surface area (Å²) in [6.07, 6.45) is 3.02. The van der Waals surface area contributed by atoms with Crippen LogP contribution in [0.25, 0.3) is 0 Å². The molecule has 0 radical (unpaired) electrons. The van der Waals surface area contributed by atoms with E-state index in [1.54, 1.807) is 0 Å². The van der Waals surface area contributed by atoms with Gasteiger partial charge in [-0.25, -0.2) is 9.59 Å². The van der Waals surface area contributed by atoms with Gasteiger partial charge in [0.2, 0.25) is 0 Å². The number of hydrogen-bond donors (Lipinski definition) is 3. The Morgan fingerprint density at radius 2 is 1.86 bits per heavy atom. The Morgan fingerprint density at radius 3 is 2.36 bits per heavy atom. The average Bonchev–Trinajstić information content (AvgIpc) is 2.63.